The van der Waals surface area contributed by atoms with Crippen LogP contribution in [0.2, 0.25) is 0 Å². The van der Waals surface area contributed by atoms with E-state index in [2.05, 4.69) is 96.7 Å². The Hall–Kier alpha value is -1.38. The molecule has 57 heavy (non-hydrogen) atoms. The molecule has 3 saturated heterocycles. The van der Waals surface area contributed by atoms with E-state index in [-0.39, 0.29) is 0 Å². The summed E-state index contributed by atoms with van der Waals surface area (Å²) in [5, 5.41) is 43.3. The Labute approximate surface area is 347 Å². The zero-order valence-corrected chi connectivity index (χ0v) is 36.0. The van der Waals surface area contributed by atoms with Crippen LogP contribution in [0.25, 0.3) is 0 Å². The number of hydrogen-bond donors (Lipinski definition) is 12. The van der Waals surface area contributed by atoms with Gasteiger partial charge in [0.2, 0.25) is 0 Å². The second-order valence-corrected chi connectivity index (χ2v) is 16.0. The van der Waals surface area contributed by atoms with Crippen LogP contribution in [0.5, 0.6) is 0 Å². The number of nitrogens with zero attached hydrogens (tertiary/aromatic N) is 3. The molecule has 12 N–H and O–H groups in total. The first-order valence-electron chi connectivity index (χ1n) is 23.1. The van der Waals surface area contributed by atoms with Gasteiger partial charge in [0.1, 0.15) is 0 Å². The first kappa shape index (κ1) is 48.3. The van der Waals surface area contributed by atoms with Crippen LogP contribution in [0.4, 0.5) is 0 Å². The quantitative estimate of drug-likeness (QED) is 0.133. The molecule has 0 unspecified atom stereocenters. The van der Waals surface area contributed by atoms with Gasteiger partial charge in [-0.2, -0.15) is 0 Å². The van der Waals surface area contributed by atoms with Crippen molar-refractivity contribution in [2.45, 2.75) is 38.9 Å². The van der Waals surface area contributed by atoms with Crippen LogP contribution < -0.4 is 63.8 Å². The monoisotopic (exact) mass is 802 g/mol. The van der Waals surface area contributed by atoms with Crippen LogP contribution >= 0.6 is 0 Å². The Kier molecular flexibility index (Phi) is 29.1. The Morgan fingerprint density at radius 2 is 0.421 bits per heavy atom. The molecule has 0 aliphatic carbocycles. The first-order valence-corrected chi connectivity index (χ1v) is 23.1. The third-order valence-electron chi connectivity index (χ3n) is 11.1. The fourth-order valence-corrected chi connectivity index (χ4v) is 7.66. The number of hydrogen-bond acceptors (Lipinski definition) is 15. The summed E-state index contributed by atoms with van der Waals surface area (Å²) in [5.41, 5.74) is 4.19. The summed E-state index contributed by atoms with van der Waals surface area (Å²) in [6.45, 7) is 35.2. The molecule has 330 valence electrons. The SMILES string of the molecule is C1CNCCN2CCNCCNCCN(CCN1)CCNCCNCC2.c1c2cc3cc1CNCCCNCCN(CCNCCCNC2)CCNCCCNC3. The van der Waals surface area contributed by atoms with E-state index in [1.165, 1.54) is 36.0 Å². The third kappa shape index (κ3) is 25.8. The van der Waals surface area contributed by atoms with Gasteiger partial charge < -0.3 is 63.8 Å². The average Bonchev–Trinajstić information content (AvgIpc) is 3.21. The van der Waals surface area contributed by atoms with Gasteiger partial charge in [-0.3, -0.25) is 14.7 Å². The van der Waals surface area contributed by atoms with Crippen molar-refractivity contribution in [3.8, 4) is 0 Å². The lowest BCUT2D eigenvalue weighted by atomic mass is 10.0. The van der Waals surface area contributed by atoms with E-state index in [0.29, 0.717) is 0 Å². The Balaban J connectivity index is 0.000000257. The zero-order chi connectivity index (χ0) is 39.5. The zero-order valence-electron chi connectivity index (χ0n) is 36.0. The largest absolute Gasteiger partial charge is 0.315 e. The van der Waals surface area contributed by atoms with Crippen LogP contribution in [0, 0.1) is 0 Å². The van der Waals surface area contributed by atoms with Gasteiger partial charge in [0.25, 0.3) is 0 Å². The van der Waals surface area contributed by atoms with Gasteiger partial charge in [-0.1, -0.05) is 18.2 Å². The van der Waals surface area contributed by atoms with E-state index < -0.39 is 0 Å². The lowest BCUT2D eigenvalue weighted by molar-refractivity contribution is 0.261. The number of benzene rings is 1. The molecule has 15 nitrogen and oxygen atoms in total. The molecule has 0 radical (unpaired) electrons. The lowest BCUT2D eigenvalue weighted by Gasteiger charge is -2.25. The summed E-state index contributed by atoms with van der Waals surface area (Å²) >= 11 is 0. The molecule has 6 aliphatic rings. The molecule has 0 aromatic heterocycles. The Bertz CT molecular complexity index is 897. The van der Waals surface area contributed by atoms with Crippen molar-refractivity contribution in [3.05, 3.63) is 34.9 Å². The highest BCUT2D eigenvalue weighted by Crippen LogP contribution is 2.11. The molecule has 0 spiro atoms. The Morgan fingerprint density at radius 1 is 0.228 bits per heavy atom. The highest BCUT2D eigenvalue weighted by molar-refractivity contribution is 5.30. The second kappa shape index (κ2) is 34.3. The minimum atomic E-state index is 0.947. The van der Waals surface area contributed by atoms with Crippen molar-refractivity contribution in [2.75, 3.05) is 196 Å². The van der Waals surface area contributed by atoms with Crippen molar-refractivity contribution in [3.63, 3.8) is 0 Å². The fraction of sp³-hybridized carbons (Fsp3) is 0.857. The minimum Gasteiger partial charge on any atom is -0.315 e. The molecule has 1 aromatic rings. The van der Waals surface area contributed by atoms with E-state index in [1.54, 1.807) is 0 Å². The molecule has 1 aromatic carbocycles. The van der Waals surface area contributed by atoms with Crippen LogP contribution in [-0.2, 0) is 19.6 Å². The standard InChI is InChI=1S/C24H45N7.C18H42N8/c1-4-25-10-13-31-14-11-26-5-2-8-29-20-23-16-22(19-28-7-1)17-24(18-23)21-30-9-3-6-27-12-15-31;1-2-20-8-14-26-17-11-23-5-3-21-9-15-25(13-7-19-1)16-10-22-4-6-24-12-18-26/h16-18,25-30H,1-15,19-21H2;19-24H,1-18H2. The normalized spacial score (nSPS) is 26.3. The van der Waals surface area contributed by atoms with E-state index >= 15 is 0 Å². The molecule has 6 aliphatic heterocycles. The van der Waals surface area contributed by atoms with Gasteiger partial charge >= 0.3 is 0 Å². The predicted octanol–water partition coefficient (Wildman–Crippen LogP) is -2.62. The third-order valence-corrected chi connectivity index (χ3v) is 11.1. The topological polar surface area (TPSA) is 154 Å². The van der Waals surface area contributed by atoms with Gasteiger partial charge in [-0.15, -0.1) is 0 Å². The van der Waals surface area contributed by atoms with Gasteiger partial charge in [0.15, 0.2) is 0 Å². The van der Waals surface area contributed by atoms with Gasteiger partial charge in [-0.05, 0) is 75.2 Å². The summed E-state index contributed by atoms with van der Waals surface area (Å²) < 4.78 is 0. The van der Waals surface area contributed by atoms with Gasteiger partial charge in [-0.25, -0.2) is 0 Å². The lowest BCUT2D eigenvalue weighted by Crippen LogP contribution is -2.45. The number of rotatable bonds is 0. The molecule has 6 heterocycles. The van der Waals surface area contributed by atoms with Gasteiger partial charge in [0, 0.05) is 177 Å². The number of nitrogens with one attached hydrogen (secondary N) is 12. The predicted molar refractivity (Wildman–Crippen MR) is 241 cm³/mol. The highest BCUT2D eigenvalue weighted by atomic mass is 15.2. The molecule has 0 atom stereocenters. The molecule has 3 fully saturated rings. The molecule has 7 rings (SSSR count). The van der Waals surface area contributed by atoms with Crippen molar-refractivity contribution >= 4 is 0 Å². The second-order valence-electron chi connectivity index (χ2n) is 16.0. The van der Waals surface area contributed by atoms with Crippen LogP contribution in [0.3, 0.4) is 0 Å². The maximum Gasteiger partial charge on any atom is 0.0205 e. The molecule has 15 heteroatoms. The van der Waals surface area contributed by atoms with Crippen molar-refractivity contribution in [1.82, 2.24) is 78.5 Å². The van der Waals surface area contributed by atoms with Crippen molar-refractivity contribution in [1.29, 1.82) is 0 Å². The van der Waals surface area contributed by atoms with Gasteiger partial charge in [0.05, 0.1) is 0 Å². The summed E-state index contributed by atoms with van der Waals surface area (Å²) in [6, 6.07) is 7.09. The van der Waals surface area contributed by atoms with E-state index in [1.807, 2.05) is 0 Å². The van der Waals surface area contributed by atoms with Crippen molar-refractivity contribution in [2.24, 2.45) is 0 Å². The minimum absolute atomic E-state index is 0.947. The summed E-state index contributed by atoms with van der Waals surface area (Å²) in [5.74, 6) is 0. The van der Waals surface area contributed by atoms with Crippen LogP contribution in [0.15, 0.2) is 18.2 Å². The number of fused-ring (bicyclic) bond motifs is 42. The Morgan fingerprint density at radius 3 is 0.649 bits per heavy atom. The van der Waals surface area contributed by atoms with Crippen LogP contribution in [-0.4, -0.2) is 211 Å². The molecule has 6 bridgehead atoms. The molecular weight excluding hydrogens is 715 g/mol. The first-order chi connectivity index (χ1) is 28.3. The smallest absolute Gasteiger partial charge is 0.0205 e. The summed E-state index contributed by atoms with van der Waals surface area (Å²) in [7, 11) is 0. The van der Waals surface area contributed by atoms with Crippen molar-refractivity contribution < 1.29 is 0 Å². The highest BCUT2D eigenvalue weighted by Gasteiger charge is 2.09. The molecule has 0 saturated carbocycles. The maximum absolute atomic E-state index is 3.64. The van der Waals surface area contributed by atoms with Crippen LogP contribution in [0.1, 0.15) is 36.0 Å². The molecular formula is C42H87N15. The molecule has 0 amide bonds. The maximum atomic E-state index is 3.64. The average molecular weight is 802 g/mol. The fourth-order valence-electron chi connectivity index (χ4n) is 7.66. The summed E-state index contributed by atoms with van der Waals surface area (Å²) in [6.07, 6.45) is 3.50. The van der Waals surface area contributed by atoms with E-state index in [9.17, 15) is 0 Å². The van der Waals surface area contributed by atoms with E-state index in [4.69, 9.17) is 0 Å². The summed E-state index contributed by atoms with van der Waals surface area (Å²) in [4.78, 5) is 7.71. The van der Waals surface area contributed by atoms with E-state index in [0.717, 1.165) is 216 Å².